The van der Waals surface area contributed by atoms with Crippen molar-refractivity contribution in [3.05, 3.63) is 48.0 Å². The van der Waals surface area contributed by atoms with Crippen LogP contribution in [0.3, 0.4) is 0 Å². The topological polar surface area (TPSA) is 83.6 Å². The molecule has 1 atom stereocenters. The van der Waals surface area contributed by atoms with Gasteiger partial charge < -0.3 is 20.3 Å². The Morgan fingerprint density at radius 3 is 2.56 bits per heavy atom. The van der Waals surface area contributed by atoms with Crippen LogP contribution in [0.15, 0.2) is 36.5 Å². The minimum absolute atomic E-state index is 0.0886. The first-order valence-electron chi connectivity index (χ1n) is 8.42. The lowest BCUT2D eigenvalue weighted by Gasteiger charge is -2.21. The number of rotatable bonds is 6. The van der Waals surface area contributed by atoms with Gasteiger partial charge in [0, 0.05) is 37.5 Å². The third-order valence-electron chi connectivity index (χ3n) is 3.70. The van der Waals surface area contributed by atoms with Crippen molar-refractivity contribution in [2.45, 2.75) is 26.9 Å². The predicted molar refractivity (Wildman–Crippen MR) is 101 cm³/mol. The minimum atomic E-state index is -0.549. The zero-order chi connectivity index (χ0) is 20.0. The number of nitrogens with one attached hydrogen (secondary N) is 2. The first kappa shape index (κ1) is 20.2. The van der Waals surface area contributed by atoms with Gasteiger partial charge in [0.15, 0.2) is 0 Å². The van der Waals surface area contributed by atoms with E-state index in [-0.39, 0.29) is 23.4 Å². The smallest absolute Gasteiger partial charge is 0.323 e. The maximum absolute atomic E-state index is 13.9. The number of urea groups is 1. The lowest BCUT2D eigenvalue weighted by Crippen LogP contribution is -2.34. The van der Waals surface area contributed by atoms with E-state index in [9.17, 15) is 14.0 Å². The third kappa shape index (κ3) is 6.58. The van der Waals surface area contributed by atoms with E-state index in [1.807, 2.05) is 6.92 Å². The molecule has 8 heteroatoms. The summed E-state index contributed by atoms with van der Waals surface area (Å²) in [5.74, 6) is -0.381. The van der Waals surface area contributed by atoms with Crippen LogP contribution < -0.4 is 15.4 Å². The van der Waals surface area contributed by atoms with E-state index in [1.54, 1.807) is 26.1 Å². The van der Waals surface area contributed by atoms with Crippen molar-refractivity contribution >= 4 is 23.3 Å². The normalized spacial score (nSPS) is 11.4. The number of aromatic nitrogens is 1. The van der Waals surface area contributed by atoms with E-state index in [1.165, 1.54) is 36.2 Å². The number of hydrogen-bond acceptors (Lipinski definition) is 4. The van der Waals surface area contributed by atoms with Crippen molar-refractivity contribution in [2.24, 2.45) is 0 Å². The summed E-state index contributed by atoms with van der Waals surface area (Å²) in [4.78, 5) is 28.9. The number of carbonyl (C=O) groups excluding carboxylic acids is 2. The third-order valence-corrected chi connectivity index (χ3v) is 3.70. The SMILES string of the molecule is CC(=O)N(C)C[C@H](C)Oc1cc(F)cc(NC(=O)Nc2ccc(C)nc2)c1. The van der Waals surface area contributed by atoms with E-state index in [4.69, 9.17) is 4.74 Å². The molecular formula is C19H23FN4O3. The average Bonchev–Trinajstić information content (AvgIpc) is 2.56. The Labute approximate surface area is 157 Å². The van der Waals surface area contributed by atoms with Crippen molar-refractivity contribution in [3.8, 4) is 5.75 Å². The fraction of sp³-hybridized carbons (Fsp3) is 0.316. The highest BCUT2D eigenvalue weighted by Gasteiger charge is 2.12. The molecule has 0 aliphatic carbocycles. The van der Waals surface area contributed by atoms with E-state index in [0.717, 1.165) is 5.69 Å². The van der Waals surface area contributed by atoms with Gasteiger partial charge in [0.1, 0.15) is 17.7 Å². The number of likely N-dealkylation sites (N-methyl/N-ethyl adjacent to an activating group) is 1. The molecule has 2 N–H and O–H groups in total. The fourth-order valence-electron chi connectivity index (χ4n) is 2.32. The number of pyridine rings is 1. The molecule has 1 aromatic carbocycles. The summed E-state index contributed by atoms with van der Waals surface area (Å²) in [6.07, 6.45) is 1.18. The number of hydrogen-bond donors (Lipinski definition) is 2. The maximum atomic E-state index is 13.9. The Morgan fingerprint density at radius 2 is 1.93 bits per heavy atom. The molecule has 144 valence electrons. The molecule has 3 amide bonds. The number of aryl methyl sites for hydroxylation is 1. The molecule has 0 bridgehead atoms. The van der Waals surface area contributed by atoms with Crippen molar-refractivity contribution in [1.82, 2.24) is 9.88 Å². The van der Waals surface area contributed by atoms with Crippen molar-refractivity contribution in [2.75, 3.05) is 24.2 Å². The summed E-state index contributed by atoms with van der Waals surface area (Å²) in [5, 5.41) is 5.17. The average molecular weight is 374 g/mol. The minimum Gasteiger partial charge on any atom is -0.489 e. The second-order valence-corrected chi connectivity index (χ2v) is 6.27. The monoisotopic (exact) mass is 374 g/mol. The van der Waals surface area contributed by atoms with Gasteiger partial charge in [0.25, 0.3) is 0 Å². The zero-order valence-corrected chi connectivity index (χ0v) is 15.7. The van der Waals surface area contributed by atoms with Gasteiger partial charge in [-0.05, 0) is 32.0 Å². The lowest BCUT2D eigenvalue weighted by molar-refractivity contribution is -0.128. The second kappa shape index (κ2) is 8.98. The largest absolute Gasteiger partial charge is 0.489 e. The predicted octanol–water partition coefficient (Wildman–Crippen LogP) is 3.42. The van der Waals surface area contributed by atoms with Crippen LogP contribution in [-0.2, 0) is 4.79 Å². The first-order chi connectivity index (χ1) is 12.7. The molecule has 7 nitrogen and oxygen atoms in total. The Kier molecular flexibility index (Phi) is 6.70. The molecular weight excluding hydrogens is 351 g/mol. The maximum Gasteiger partial charge on any atom is 0.323 e. The zero-order valence-electron chi connectivity index (χ0n) is 15.7. The molecule has 1 heterocycles. The number of nitrogens with zero attached hydrogens (tertiary/aromatic N) is 2. The molecule has 0 aliphatic heterocycles. The number of anilines is 2. The molecule has 0 saturated carbocycles. The van der Waals surface area contributed by atoms with Crippen LogP contribution in [-0.4, -0.2) is 41.5 Å². The number of ether oxygens (including phenoxy) is 1. The van der Waals surface area contributed by atoms with Crippen molar-refractivity contribution in [3.63, 3.8) is 0 Å². The summed E-state index contributed by atoms with van der Waals surface area (Å²) in [6, 6.07) is 6.88. The summed E-state index contributed by atoms with van der Waals surface area (Å²) in [7, 11) is 1.66. The summed E-state index contributed by atoms with van der Waals surface area (Å²) in [5.41, 5.74) is 1.60. The standard InChI is InChI=1S/C19H23FN4O3/c1-12-5-6-16(10-21-12)22-19(26)23-17-7-15(20)8-18(9-17)27-13(2)11-24(4)14(3)25/h5-10,13H,11H2,1-4H3,(H2,22,23,26)/t13-/m0/s1. The molecule has 27 heavy (non-hydrogen) atoms. The first-order valence-corrected chi connectivity index (χ1v) is 8.42. The highest BCUT2D eigenvalue weighted by Crippen LogP contribution is 2.22. The van der Waals surface area contributed by atoms with Gasteiger partial charge in [-0.1, -0.05) is 0 Å². The summed E-state index contributed by atoms with van der Waals surface area (Å²) < 4.78 is 19.5. The van der Waals surface area contributed by atoms with E-state index >= 15 is 0 Å². The molecule has 0 fully saturated rings. The molecule has 0 spiro atoms. The van der Waals surface area contributed by atoms with Crippen LogP contribution in [0.5, 0.6) is 5.75 Å². The number of halogens is 1. The van der Waals surface area contributed by atoms with Crippen molar-refractivity contribution in [1.29, 1.82) is 0 Å². The van der Waals surface area contributed by atoms with Gasteiger partial charge in [-0.3, -0.25) is 9.78 Å². The van der Waals surface area contributed by atoms with E-state index in [0.29, 0.717) is 12.2 Å². The van der Waals surface area contributed by atoms with Gasteiger partial charge in [-0.2, -0.15) is 0 Å². The number of amides is 3. The van der Waals surface area contributed by atoms with Gasteiger partial charge in [0.2, 0.25) is 5.91 Å². The van der Waals surface area contributed by atoms with Crippen LogP contribution in [0.4, 0.5) is 20.6 Å². The molecule has 2 rings (SSSR count). The second-order valence-electron chi connectivity index (χ2n) is 6.27. The lowest BCUT2D eigenvalue weighted by atomic mass is 10.2. The highest BCUT2D eigenvalue weighted by molar-refractivity contribution is 5.99. The van der Waals surface area contributed by atoms with Crippen LogP contribution in [0, 0.1) is 12.7 Å². The fourth-order valence-corrected chi connectivity index (χ4v) is 2.32. The quantitative estimate of drug-likeness (QED) is 0.812. The van der Waals surface area contributed by atoms with Crippen LogP contribution >= 0.6 is 0 Å². The molecule has 1 aromatic heterocycles. The van der Waals surface area contributed by atoms with Crippen LogP contribution in [0.2, 0.25) is 0 Å². The molecule has 0 radical (unpaired) electrons. The van der Waals surface area contributed by atoms with E-state index in [2.05, 4.69) is 15.6 Å². The van der Waals surface area contributed by atoms with Crippen LogP contribution in [0.25, 0.3) is 0 Å². The number of carbonyl (C=O) groups is 2. The van der Waals surface area contributed by atoms with Gasteiger partial charge in [-0.15, -0.1) is 0 Å². The Hall–Kier alpha value is -3.16. The highest BCUT2D eigenvalue weighted by atomic mass is 19.1. The molecule has 0 unspecified atom stereocenters. The van der Waals surface area contributed by atoms with Gasteiger partial charge in [0.05, 0.1) is 18.4 Å². The number of benzene rings is 1. The summed E-state index contributed by atoms with van der Waals surface area (Å²) in [6.45, 7) is 5.43. The Balaban J connectivity index is 2.00. The van der Waals surface area contributed by atoms with Gasteiger partial charge in [-0.25, -0.2) is 9.18 Å². The Morgan fingerprint density at radius 1 is 1.22 bits per heavy atom. The van der Waals surface area contributed by atoms with Crippen molar-refractivity contribution < 1.29 is 18.7 Å². The molecule has 0 saturated heterocycles. The Bertz CT molecular complexity index is 811. The van der Waals surface area contributed by atoms with E-state index < -0.39 is 11.8 Å². The molecule has 2 aromatic rings. The molecule has 0 aliphatic rings. The van der Waals surface area contributed by atoms with Crippen LogP contribution in [0.1, 0.15) is 19.5 Å². The van der Waals surface area contributed by atoms with Gasteiger partial charge >= 0.3 is 6.03 Å². The summed E-state index contributed by atoms with van der Waals surface area (Å²) >= 11 is 0.